The lowest BCUT2D eigenvalue weighted by atomic mass is 10.1. The van der Waals surface area contributed by atoms with E-state index in [0.717, 1.165) is 42.5 Å². The van der Waals surface area contributed by atoms with Crippen LogP contribution in [0.15, 0.2) is 6.33 Å². The third kappa shape index (κ3) is 3.57. The van der Waals surface area contributed by atoms with Crippen LogP contribution < -0.4 is 16.6 Å². The molecule has 0 aromatic carbocycles. The molecule has 1 aliphatic rings. The zero-order valence-corrected chi connectivity index (χ0v) is 11.1. The average molecular weight is 249 g/mol. The standard InChI is InChI=1S/C13H23N5/c1-2-4-11-12(16-9-17-13(11)18-14)15-8-3-5-10-6-7-10/h9-10H,2-8,14H2,1H3,(H2,15,16,17,18). The maximum atomic E-state index is 5.48. The van der Waals surface area contributed by atoms with E-state index < -0.39 is 0 Å². The number of hydrogen-bond donors (Lipinski definition) is 3. The van der Waals surface area contributed by atoms with Gasteiger partial charge in [0.2, 0.25) is 0 Å². The fourth-order valence-electron chi connectivity index (χ4n) is 2.18. The Morgan fingerprint density at radius 1 is 1.33 bits per heavy atom. The molecule has 2 rings (SSSR count). The van der Waals surface area contributed by atoms with Gasteiger partial charge in [-0.25, -0.2) is 15.8 Å². The van der Waals surface area contributed by atoms with Gasteiger partial charge in [0.15, 0.2) is 0 Å². The molecule has 0 spiro atoms. The first-order chi connectivity index (χ1) is 8.85. The van der Waals surface area contributed by atoms with E-state index in [1.54, 1.807) is 6.33 Å². The first kappa shape index (κ1) is 13.1. The monoisotopic (exact) mass is 249 g/mol. The number of nitrogens with zero attached hydrogens (tertiary/aromatic N) is 2. The molecule has 0 radical (unpaired) electrons. The summed E-state index contributed by atoms with van der Waals surface area (Å²) >= 11 is 0. The highest BCUT2D eigenvalue weighted by molar-refractivity contribution is 5.56. The number of nitrogens with two attached hydrogens (primary N) is 1. The normalized spacial score (nSPS) is 14.6. The Hall–Kier alpha value is -1.36. The summed E-state index contributed by atoms with van der Waals surface area (Å²) in [6.07, 6.45) is 8.95. The number of rotatable bonds is 8. The molecule has 0 amide bonds. The second-order valence-corrected chi connectivity index (χ2v) is 4.96. The number of aromatic nitrogens is 2. The van der Waals surface area contributed by atoms with Gasteiger partial charge in [-0.3, -0.25) is 0 Å². The zero-order chi connectivity index (χ0) is 12.8. The van der Waals surface area contributed by atoms with E-state index >= 15 is 0 Å². The predicted octanol–water partition coefficient (Wildman–Crippen LogP) is 2.32. The van der Waals surface area contributed by atoms with Gasteiger partial charge in [0.05, 0.1) is 0 Å². The highest BCUT2D eigenvalue weighted by atomic mass is 15.3. The van der Waals surface area contributed by atoms with Crippen LogP contribution in [0.5, 0.6) is 0 Å². The maximum Gasteiger partial charge on any atom is 0.148 e. The molecule has 1 saturated carbocycles. The predicted molar refractivity (Wildman–Crippen MR) is 74.3 cm³/mol. The van der Waals surface area contributed by atoms with Crippen LogP contribution >= 0.6 is 0 Å². The van der Waals surface area contributed by atoms with Gasteiger partial charge in [-0.05, 0) is 25.2 Å². The largest absolute Gasteiger partial charge is 0.370 e. The van der Waals surface area contributed by atoms with Crippen LogP contribution in [0.2, 0.25) is 0 Å². The minimum atomic E-state index is 0.733. The minimum Gasteiger partial charge on any atom is -0.370 e. The summed E-state index contributed by atoms with van der Waals surface area (Å²) in [6.45, 7) is 3.12. The molecule has 0 saturated heterocycles. The van der Waals surface area contributed by atoms with Crippen molar-refractivity contribution in [3.63, 3.8) is 0 Å². The van der Waals surface area contributed by atoms with Crippen LogP contribution in [0.25, 0.3) is 0 Å². The van der Waals surface area contributed by atoms with Gasteiger partial charge in [-0.1, -0.05) is 26.2 Å². The zero-order valence-electron chi connectivity index (χ0n) is 11.1. The lowest BCUT2D eigenvalue weighted by Gasteiger charge is -2.13. The minimum absolute atomic E-state index is 0.733. The molecule has 5 nitrogen and oxygen atoms in total. The van der Waals surface area contributed by atoms with E-state index in [4.69, 9.17) is 5.84 Å². The van der Waals surface area contributed by atoms with E-state index in [1.807, 2.05) is 0 Å². The van der Waals surface area contributed by atoms with Gasteiger partial charge in [0.1, 0.15) is 18.0 Å². The van der Waals surface area contributed by atoms with E-state index in [1.165, 1.54) is 25.7 Å². The van der Waals surface area contributed by atoms with Crippen molar-refractivity contribution in [1.82, 2.24) is 9.97 Å². The molecule has 0 bridgehead atoms. The highest BCUT2D eigenvalue weighted by Gasteiger charge is 2.20. The van der Waals surface area contributed by atoms with Gasteiger partial charge in [-0.15, -0.1) is 0 Å². The lowest BCUT2D eigenvalue weighted by Crippen LogP contribution is -2.14. The fourth-order valence-corrected chi connectivity index (χ4v) is 2.18. The van der Waals surface area contributed by atoms with Crippen LogP contribution in [0.1, 0.15) is 44.6 Å². The van der Waals surface area contributed by atoms with E-state index in [0.29, 0.717) is 0 Å². The van der Waals surface area contributed by atoms with Crippen LogP contribution in [0.4, 0.5) is 11.6 Å². The van der Waals surface area contributed by atoms with Gasteiger partial charge in [-0.2, -0.15) is 0 Å². The van der Waals surface area contributed by atoms with Crippen molar-refractivity contribution in [2.24, 2.45) is 11.8 Å². The number of nitrogens with one attached hydrogen (secondary N) is 2. The van der Waals surface area contributed by atoms with E-state index in [2.05, 4.69) is 27.6 Å². The summed E-state index contributed by atoms with van der Waals surface area (Å²) in [4.78, 5) is 8.48. The molecule has 18 heavy (non-hydrogen) atoms. The molecule has 0 atom stereocenters. The van der Waals surface area contributed by atoms with E-state index in [9.17, 15) is 0 Å². The van der Waals surface area contributed by atoms with Gasteiger partial charge >= 0.3 is 0 Å². The van der Waals surface area contributed by atoms with Crippen LogP contribution in [-0.4, -0.2) is 16.5 Å². The van der Waals surface area contributed by atoms with Gasteiger partial charge < -0.3 is 10.7 Å². The third-order valence-electron chi connectivity index (χ3n) is 3.36. The number of hydrazine groups is 1. The first-order valence-corrected chi connectivity index (χ1v) is 6.89. The van der Waals surface area contributed by atoms with Crippen molar-refractivity contribution in [2.75, 3.05) is 17.3 Å². The summed E-state index contributed by atoms with van der Waals surface area (Å²) < 4.78 is 0. The Balaban J connectivity index is 1.91. The quantitative estimate of drug-likeness (QED) is 0.374. The van der Waals surface area contributed by atoms with Crippen molar-refractivity contribution in [3.8, 4) is 0 Å². The summed E-state index contributed by atoms with van der Waals surface area (Å²) in [5.41, 5.74) is 3.74. The average Bonchev–Trinajstić information content (AvgIpc) is 3.20. The Kier molecular flexibility index (Phi) is 4.75. The highest BCUT2D eigenvalue weighted by Crippen LogP contribution is 2.33. The Bertz CT molecular complexity index is 376. The third-order valence-corrected chi connectivity index (χ3v) is 3.36. The second-order valence-electron chi connectivity index (χ2n) is 4.96. The van der Waals surface area contributed by atoms with Crippen LogP contribution in [0, 0.1) is 5.92 Å². The summed E-state index contributed by atoms with van der Waals surface area (Å²) in [7, 11) is 0. The molecule has 1 aromatic heterocycles. The SMILES string of the molecule is CCCc1c(NN)ncnc1NCCCC1CC1. The Labute approximate surface area is 109 Å². The molecule has 1 heterocycles. The topological polar surface area (TPSA) is 75.9 Å². The summed E-state index contributed by atoms with van der Waals surface area (Å²) in [6, 6.07) is 0. The molecule has 1 fully saturated rings. The molecular formula is C13H23N5. The Morgan fingerprint density at radius 3 is 2.78 bits per heavy atom. The van der Waals surface area contributed by atoms with Crippen molar-refractivity contribution < 1.29 is 0 Å². The lowest BCUT2D eigenvalue weighted by molar-refractivity contribution is 0.686. The van der Waals surface area contributed by atoms with Crippen LogP contribution in [-0.2, 0) is 6.42 Å². The van der Waals surface area contributed by atoms with Crippen molar-refractivity contribution >= 4 is 11.6 Å². The van der Waals surface area contributed by atoms with Gasteiger partial charge in [0.25, 0.3) is 0 Å². The molecule has 1 aromatic rings. The van der Waals surface area contributed by atoms with E-state index in [-0.39, 0.29) is 0 Å². The maximum absolute atomic E-state index is 5.48. The first-order valence-electron chi connectivity index (χ1n) is 6.89. The number of hydrogen-bond acceptors (Lipinski definition) is 5. The van der Waals surface area contributed by atoms with Crippen molar-refractivity contribution in [1.29, 1.82) is 0 Å². The molecule has 4 N–H and O–H groups in total. The van der Waals surface area contributed by atoms with Crippen LogP contribution in [0.3, 0.4) is 0 Å². The molecule has 100 valence electrons. The fraction of sp³-hybridized carbons (Fsp3) is 0.692. The summed E-state index contributed by atoms with van der Waals surface area (Å²) in [5, 5.41) is 3.41. The van der Waals surface area contributed by atoms with Gasteiger partial charge in [0, 0.05) is 12.1 Å². The molecular weight excluding hydrogens is 226 g/mol. The summed E-state index contributed by atoms with van der Waals surface area (Å²) in [5.74, 6) is 8.14. The molecule has 0 unspecified atom stereocenters. The smallest absolute Gasteiger partial charge is 0.148 e. The number of nitrogen functional groups attached to an aromatic ring is 1. The molecule has 1 aliphatic carbocycles. The molecule has 0 aliphatic heterocycles. The number of anilines is 2. The second kappa shape index (κ2) is 6.54. The Morgan fingerprint density at radius 2 is 2.11 bits per heavy atom. The molecule has 5 heteroatoms. The van der Waals surface area contributed by atoms with Crippen molar-refractivity contribution in [3.05, 3.63) is 11.9 Å². The van der Waals surface area contributed by atoms with Crippen molar-refractivity contribution in [2.45, 2.75) is 45.4 Å².